The molecule has 2 N–H and O–H groups in total. The van der Waals surface area contributed by atoms with E-state index in [1.54, 1.807) is 6.33 Å². The number of aromatic amines is 1. The molecule has 2 aromatic heterocycles. The van der Waals surface area contributed by atoms with Crippen molar-refractivity contribution < 1.29 is 5.11 Å². The van der Waals surface area contributed by atoms with Crippen molar-refractivity contribution in [3.8, 4) is 11.1 Å². The Morgan fingerprint density at radius 2 is 2.14 bits per heavy atom. The van der Waals surface area contributed by atoms with E-state index in [1.165, 1.54) is 5.56 Å². The number of rotatable bonds is 4. The third-order valence-electron chi connectivity index (χ3n) is 3.58. The van der Waals surface area contributed by atoms with E-state index in [9.17, 15) is 0 Å². The Bertz CT molecular complexity index is 766. The summed E-state index contributed by atoms with van der Waals surface area (Å²) in [4.78, 5) is 13.8. The minimum absolute atomic E-state index is 0.0895. The molecule has 3 rings (SSSR count). The number of aliphatic hydroxyl groups is 1. The number of aryl methyl sites for hydroxylation is 1. The highest BCUT2D eigenvalue weighted by Gasteiger charge is 2.15. The summed E-state index contributed by atoms with van der Waals surface area (Å²) in [6.07, 6.45) is 3.51. The minimum Gasteiger partial charge on any atom is -0.395 e. The summed E-state index contributed by atoms with van der Waals surface area (Å²) in [7, 11) is 1.92. The maximum atomic E-state index is 9.15. The van der Waals surface area contributed by atoms with Crippen LogP contribution >= 0.6 is 0 Å². The lowest BCUT2D eigenvalue weighted by Crippen LogP contribution is -2.22. The zero-order chi connectivity index (χ0) is 14.8. The van der Waals surface area contributed by atoms with Gasteiger partial charge in [0.1, 0.15) is 17.8 Å². The largest absolute Gasteiger partial charge is 0.395 e. The van der Waals surface area contributed by atoms with E-state index in [1.807, 2.05) is 24.2 Å². The van der Waals surface area contributed by atoms with Crippen LogP contribution in [-0.4, -0.2) is 40.3 Å². The van der Waals surface area contributed by atoms with Gasteiger partial charge >= 0.3 is 0 Å². The Morgan fingerprint density at radius 3 is 2.90 bits per heavy atom. The van der Waals surface area contributed by atoms with Crippen LogP contribution in [0.4, 0.5) is 5.82 Å². The van der Waals surface area contributed by atoms with Gasteiger partial charge in [0.2, 0.25) is 0 Å². The van der Waals surface area contributed by atoms with Gasteiger partial charge in [-0.05, 0) is 12.5 Å². The molecule has 0 bridgehead atoms. The first-order chi connectivity index (χ1) is 10.2. The molecular formula is C16H18N4O. The van der Waals surface area contributed by atoms with E-state index < -0.39 is 0 Å². The lowest BCUT2D eigenvalue weighted by atomic mass is 10.0. The highest BCUT2D eigenvalue weighted by Crippen LogP contribution is 2.33. The predicted molar refractivity (Wildman–Crippen MR) is 84.4 cm³/mol. The third kappa shape index (κ3) is 2.48. The van der Waals surface area contributed by atoms with Gasteiger partial charge in [0, 0.05) is 25.4 Å². The van der Waals surface area contributed by atoms with E-state index in [2.05, 4.69) is 40.1 Å². The van der Waals surface area contributed by atoms with Crippen LogP contribution in [0.5, 0.6) is 0 Å². The van der Waals surface area contributed by atoms with Crippen LogP contribution in [0.3, 0.4) is 0 Å². The van der Waals surface area contributed by atoms with E-state index in [0.717, 1.165) is 28.0 Å². The Kier molecular flexibility index (Phi) is 3.58. The van der Waals surface area contributed by atoms with Gasteiger partial charge in [-0.2, -0.15) is 0 Å². The molecule has 0 aliphatic rings. The predicted octanol–water partition coefficient (Wildman–Crippen LogP) is 2.36. The molecule has 0 fully saturated rings. The number of H-pyrrole nitrogens is 1. The first-order valence-corrected chi connectivity index (χ1v) is 6.92. The first-order valence-electron chi connectivity index (χ1n) is 6.92. The summed E-state index contributed by atoms with van der Waals surface area (Å²) in [6, 6.07) is 8.35. The minimum atomic E-state index is 0.0895. The molecule has 0 aliphatic carbocycles. The molecule has 0 saturated carbocycles. The number of benzene rings is 1. The molecule has 0 unspecified atom stereocenters. The maximum absolute atomic E-state index is 9.15. The van der Waals surface area contributed by atoms with Crippen molar-refractivity contribution in [2.75, 3.05) is 25.1 Å². The van der Waals surface area contributed by atoms with E-state index in [4.69, 9.17) is 5.11 Å². The van der Waals surface area contributed by atoms with Gasteiger partial charge in [0.15, 0.2) is 0 Å². The number of fused-ring (bicyclic) bond motifs is 1. The topological polar surface area (TPSA) is 65.0 Å². The molecule has 3 aromatic rings. The van der Waals surface area contributed by atoms with Crippen molar-refractivity contribution in [1.29, 1.82) is 0 Å². The second-order valence-electron chi connectivity index (χ2n) is 5.14. The van der Waals surface area contributed by atoms with Crippen LogP contribution < -0.4 is 4.90 Å². The highest BCUT2D eigenvalue weighted by molar-refractivity contribution is 6.01. The SMILES string of the molecule is Cc1cccc(-c2c[nH]c3ncnc(N(C)CCO)c23)c1. The van der Waals surface area contributed by atoms with Crippen LogP contribution in [0, 0.1) is 6.92 Å². The van der Waals surface area contributed by atoms with Crippen molar-refractivity contribution in [3.05, 3.63) is 42.4 Å². The van der Waals surface area contributed by atoms with E-state index >= 15 is 0 Å². The summed E-state index contributed by atoms with van der Waals surface area (Å²) in [5, 5.41) is 10.1. The zero-order valence-electron chi connectivity index (χ0n) is 12.2. The standard InChI is InChI=1S/C16H18N4O/c1-11-4-3-5-12(8-11)13-9-17-15-14(13)16(19-10-18-15)20(2)6-7-21/h3-5,8-10,21H,6-7H2,1-2H3,(H,17,18,19). The number of anilines is 1. The lowest BCUT2D eigenvalue weighted by molar-refractivity contribution is 0.304. The van der Waals surface area contributed by atoms with Gasteiger partial charge in [-0.3, -0.25) is 0 Å². The number of nitrogens with zero attached hydrogens (tertiary/aromatic N) is 3. The van der Waals surface area contributed by atoms with Gasteiger partial charge in [0.05, 0.1) is 12.0 Å². The van der Waals surface area contributed by atoms with Crippen LogP contribution in [0.15, 0.2) is 36.8 Å². The molecule has 5 nitrogen and oxygen atoms in total. The van der Waals surface area contributed by atoms with Crippen molar-refractivity contribution in [2.45, 2.75) is 6.92 Å². The quantitative estimate of drug-likeness (QED) is 0.771. The summed E-state index contributed by atoms with van der Waals surface area (Å²) in [5.41, 5.74) is 4.23. The first kappa shape index (κ1) is 13.6. The monoisotopic (exact) mass is 282 g/mol. The Morgan fingerprint density at radius 1 is 1.29 bits per heavy atom. The fourth-order valence-electron chi connectivity index (χ4n) is 2.53. The summed E-state index contributed by atoms with van der Waals surface area (Å²) < 4.78 is 0. The highest BCUT2D eigenvalue weighted by atomic mass is 16.3. The average Bonchev–Trinajstić information content (AvgIpc) is 2.91. The molecule has 2 heterocycles. The Hall–Kier alpha value is -2.40. The molecule has 0 atom stereocenters. The van der Waals surface area contributed by atoms with Crippen LogP contribution in [0.1, 0.15) is 5.56 Å². The molecule has 0 saturated heterocycles. The smallest absolute Gasteiger partial charge is 0.143 e. The zero-order valence-corrected chi connectivity index (χ0v) is 12.2. The van der Waals surface area contributed by atoms with Gasteiger partial charge in [-0.25, -0.2) is 9.97 Å². The van der Waals surface area contributed by atoms with Gasteiger partial charge in [-0.15, -0.1) is 0 Å². The Balaban J connectivity index is 2.20. The van der Waals surface area contributed by atoms with Gasteiger partial charge in [0.25, 0.3) is 0 Å². The Labute approximate surface area is 123 Å². The summed E-state index contributed by atoms with van der Waals surface area (Å²) in [6.45, 7) is 2.70. The third-order valence-corrected chi connectivity index (χ3v) is 3.58. The van der Waals surface area contributed by atoms with E-state index in [-0.39, 0.29) is 6.61 Å². The summed E-state index contributed by atoms with van der Waals surface area (Å²) >= 11 is 0. The fourth-order valence-corrected chi connectivity index (χ4v) is 2.53. The van der Waals surface area contributed by atoms with Crippen molar-refractivity contribution >= 4 is 16.9 Å². The van der Waals surface area contributed by atoms with Gasteiger partial charge < -0.3 is 15.0 Å². The molecule has 108 valence electrons. The number of hydrogen-bond donors (Lipinski definition) is 2. The van der Waals surface area contributed by atoms with E-state index in [0.29, 0.717) is 6.54 Å². The molecule has 0 amide bonds. The molecular weight excluding hydrogens is 264 g/mol. The number of aliphatic hydroxyl groups excluding tert-OH is 1. The molecule has 1 aromatic carbocycles. The van der Waals surface area contributed by atoms with Gasteiger partial charge in [-0.1, -0.05) is 29.8 Å². The number of hydrogen-bond acceptors (Lipinski definition) is 4. The van der Waals surface area contributed by atoms with Crippen LogP contribution in [0.25, 0.3) is 22.2 Å². The maximum Gasteiger partial charge on any atom is 0.143 e. The molecule has 0 spiro atoms. The lowest BCUT2D eigenvalue weighted by Gasteiger charge is -2.18. The molecule has 0 radical (unpaired) electrons. The van der Waals surface area contributed by atoms with Crippen LogP contribution in [-0.2, 0) is 0 Å². The normalized spacial score (nSPS) is 11.0. The number of nitrogens with one attached hydrogen (secondary N) is 1. The van der Waals surface area contributed by atoms with Crippen molar-refractivity contribution in [2.24, 2.45) is 0 Å². The molecule has 0 aliphatic heterocycles. The average molecular weight is 282 g/mol. The van der Waals surface area contributed by atoms with Crippen molar-refractivity contribution in [1.82, 2.24) is 15.0 Å². The molecule has 21 heavy (non-hydrogen) atoms. The summed E-state index contributed by atoms with van der Waals surface area (Å²) in [5.74, 6) is 0.826. The second kappa shape index (κ2) is 5.54. The number of likely N-dealkylation sites (N-methyl/N-ethyl adjacent to an activating group) is 1. The second-order valence-corrected chi connectivity index (χ2v) is 5.14. The van der Waals surface area contributed by atoms with Crippen molar-refractivity contribution in [3.63, 3.8) is 0 Å². The molecule has 5 heteroatoms. The number of aromatic nitrogens is 3. The fraction of sp³-hybridized carbons (Fsp3) is 0.250. The van der Waals surface area contributed by atoms with Crippen LogP contribution in [0.2, 0.25) is 0 Å².